The van der Waals surface area contributed by atoms with Crippen LogP contribution in [0.4, 0.5) is 17.1 Å². The van der Waals surface area contributed by atoms with Crippen molar-refractivity contribution in [1.82, 2.24) is 0 Å². The molecule has 0 atom stereocenters. The van der Waals surface area contributed by atoms with E-state index in [1.165, 1.54) is 72.0 Å². The largest absolute Gasteiger partial charge is 0.310 e. The van der Waals surface area contributed by atoms with Crippen LogP contribution >= 0.6 is 0 Å². The molecule has 0 fully saturated rings. The van der Waals surface area contributed by atoms with Crippen LogP contribution in [-0.4, -0.2) is 0 Å². The van der Waals surface area contributed by atoms with Crippen LogP contribution in [0.3, 0.4) is 0 Å². The molecular formula is C58H41N. The molecule has 0 aliphatic carbocycles. The molecule has 0 aliphatic rings. The van der Waals surface area contributed by atoms with Gasteiger partial charge in [-0.1, -0.05) is 206 Å². The fourth-order valence-corrected chi connectivity index (χ4v) is 8.34. The third kappa shape index (κ3) is 7.23. The Labute approximate surface area is 346 Å². The Morgan fingerprint density at radius 3 is 1.15 bits per heavy atom. The molecule has 0 aliphatic heterocycles. The summed E-state index contributed by atoms with van der Waals surface area (Å²) < 4.78 is 0. The van der Waals surface area contributed by atoms with Gasteiger partial charge in [-0.25, -0.2) is 0 Å². The van der Waals surface area contributed by atoms with Crippen LogP contribution in [0, 0.1) is 0 Å². The van der Waals surface area contributed by atoms with Crippen LogP contribution in [0.2, 0.25) is 0 Å². The molecule has 1 nitrogen and oxygen atoms in total. The maximum Gasteiger partial charge on any atom is 0.0540 e. The van der Waals surface area contributed by atoms with E-state index in [0.29, 0.717) is 0 Å². The summed E-state index contributed by atoms with van der Waals surface area (Å²) in [6.07, 6.45) is 0. The molecule has 0 amide bonds. The number of anilines is 3. The van der Waals surface area contributed by atoms with Crippen molar-refractivity contribution in [3.63, 3.8) is 0 Å². The monoisotopic (exact) mass is 751 g/mol. The molecule has 0 radical (unpaired) electrons. The Hall–Kier alpha value is -7.74. The molecule has 10 aromatic rings. The van der Waals surface area contributed by atoms with Gasteiger partial charge in [0.05, 0.1) is 5.69 Å². The van der Waals surface area contributed by atoms with E-state index in [2.05, 4.69) is 254 Å². The first kappa shape index (κ1) is 35.7. The summed E-state index contributed by atoms with van der Waals surface area (Å²) in [5.41, 5.74) is 17.6. The van der Waals surface area contributed by atoms with E-state index < -0.39 is 0 Å². The highest BCUT2D eigenvalue weighted by molar-refractivity contribution is 5.94. The number of nitrogens with zero attached hydrogens (tertiary/aromatic N) is 1. The summed E-state index contributed by atoms with van der Waals surface area (Å²) >= 11 is 0. The maximum atomic E-state index is 2.40. The van der Waals surface area contributed by atoms with Gasteiger partial charge in [-0.3, -0.25) is 0 Å². The second-order valence-corrected chi connectivity index (χ2v) is 14.9. The minimum Gasteiger partial charge on any atom is -0.310 e. The summed E-state index contributed by atoms with van der Waals surface area (Å²) in [5.74, 6) is 0. The first-order valence-corrected chi connectivity index (χ1v) is 20.3. The quantitative estimate of drug-likeness (QED) is 0.142. The first-order chi connectivity index (χ1) is 29.3. The summed E-state index contributed by atoms with van der Waals surface area (Å²) in [7, 11) is 0. The van der Waals surface area contributed by atoms with Crippen LogP contribution < -0.4 is 4.90 Å². The van der Waals surface area contributed by atoms with E-state index in [4.69, 9.17) is 0 Å². The predicted octanol–water partition coefficient (Wildman–Crippen LogP) is 16.3. The zero-order valence-corrected chi connectivity index (χ0v) is 32.6. The van der Waals surface area contributed by atoms with Crippen LogP contribution in [0.25, 0.3) is 77.5 Å². The summed E-state index contributed by atoms with van der Waals surface area (Å²) in [6.45, 7) is 0. The van der Waals surface area contributed by atoms with Gasteiger partial charge in [0, 0.05) is 16.9 Å². The Morgan fingerprint density at radius 1 is 0.203 bits per heavy atom. The van der Waals surface area contributed by atoms with Crippen molar-refractivity contribution in [3.8, 4) is 66.8 Å². The summed E-state index contributed by atoms with van der Waals surface area (Å²) in [6, 6.07) is 89.8. The number of hydrogen-bond acceptors (Lipinski definition) is 1. The van der Waals surface area contributed by atoms with Gasteiger partial charge in [0.2, 0.25) is 0 Å². The molecule has 0 saturated heterocycles. The zero-order chi connectivity index (χ0) is 39.4. The van der Waals surface area contributed by atoms with Gasteiger partial charge in [-0.05, 0) is 114 Å². The Bertz CT molecular complexity index is 3000. The minimum atomic E-state index is 1.08. The van der Waals surface area contributed by atoms with Crippen molar-refractivity contribution < 1.29 is 0 Å². The molecule has 0 spiro atoms. The zero-order valence-electron chi connectivity index (χ0n) is 32.6. The molecule has 0 saturated carbocycles. The third-order valence-corrected chi connectivity index (χ3v) is 11.3. The second-order valence-electron chi connectivity index (χ2n) is 14.9. The van der Waals surface area contributed by atoms with Crippen molar-refractivity contribution in [2.75, 3.05) is 4.90 Å². The molecule has 59 heavy (non-hydrogen) atoms. The van der Waals surface area contributed by atoms with Gasteiger partial charge >= 0.3 is 0 Å². The lowest BCUT2D eigenvalue weighted by Crippen LogP contribution is -2.11. The van der Waals surface area contributed by atoms with Gasteiger partial charge in [0.15, 0.2) is 0 Å². The van der Waals surface area contributed by atoms with Crippen LogP contribution in [0.1, 0.15) is 0 Å². The van der Waals surface area contributed by atoms with Crippen molar-refractivity contribution in [1.29, 1.82) is 0 Å². The molecule has 0 N–H and O–H groups in total. The van der Waals surface area contributed by atoms with Gasteiger partial charge in [0.25, 0.3) is 0 Å². The normalized spacial score (nSPS) is 11.1. The van der Waals surface area contributed by atoms with Crippen molar-refractivity contribution >= 4 is 27.8 Å². The predicted molar refractivity (Wildman–Crippen MR) is 251 cm³/mol. The van der Waals surface area contributed by atoms with E-state index in [1.807, 2.05) is 0 Å². The molecule has 1 heteroatoms. The summed E-state index contributed by atoms with van der Waals surface area (Å²) in [4.78, 5) is 2.40. The van der Waals surface area contributed by atoms with Gasteiger partial charge in [-0.15, -0.1) is 0 Å². The van der Waals surface area contributed by atoms with E-state index in [-0.39, 0.29) is 0 Å². The maximum absolute atomic E-state index is 2.40. The van der Waals surface area contributed by atoms with E-state index >= 15 is 0 Å². The van der Waals surface area contributed by atoms with E-state index in [9.17, 15) is 0 Å². The molecule has 0 heterocycles. The molecule has 0 aromatic heterocycles. The first-order valence-electron chi connectivity index (χ1n) is 20.3. The molecule has 10 rings (SSSR count). The smallest absolute Gasteiger partial charge is 0.0540 e. The van der Waals surface area contributed by atoms with Crippen LogP contribution in [0.5, 0.6) is 0 Å². The van der Waals surface area contributed by atoms with Gasteiger partial charge in [0.1, 0.15) is 0 Å². The lowest BCUT2D eigenvalue weighted by atomic mass is 9.89. The molecule has 0 unspecified atom stereocenters. The topological polar surface area (TPSA) is 3.24 Å². The highest BCUT2D eigenvalue weighted by Gasteiger charge is 2.20. The fourth-order valence-electron chi connectivity index (χ4n) is 8.34. The lowest BCUT2D eigenvalue weighted by molar-refractivity contribution is 1.28. The standard InChI is InChI=1S/C58H41N/c1-4-16-42(17-5-1)50-34-39-58(57(41-50)46-21-8-3-9-22-46)59(51-35-30-44(31-36-51)49-29-28-43-18-10-11-23-48(43)40-49)52-37-32-47(33-38-52)54-25-13-15-27-56(54)55-26-14-12-24-53(55)45-19-6-2-7-20-45/h1-41H. The minimum absolute atomic E-state index is 1.08. The number of fused-ring (bicyclic) bond motifs is 1. The van der Waals surface area contributed by atoms with E-state index in [1.54, 1.807) is 0 Å². The highest BCUT2D eigenvalue weighted by atomic mass is 15.1. The fraction of sp³-hybridized carbons (Fsp3) is 0. The van der Waals surface area contributed by atoms with Gasteiger partial charge < -0.3 is 4.90 Å². The molecule has 10 aromatic carbocycles. The van der Waals surface area contributed by atoms with Crippen molar-refractivity contribution in [2.45, 2.75) is 0 Å². The lowest BCUT2D eigenvalue weighted by Gasteiger charge is -2.29. The van der Waals surface area contributed by atoms with Crippen molar-refractivity contribution in [2.24, 2.45) is 0 Å². The second kappa shape index (κ2) is 16.0. The Kier molecular flexibility index (Phi) is 9.68. The van der Waals surface area contributed by atoms with Gasteiger partial charge in [-0.2, -0.15) is 0 Å². The molecule has 278 valence electrons. The van der Waals surface area contributed by atoms with Crippen LogP contribution in [-0.2, 0) is 0 Å². The average molecular weight is 752 g/mol. The molecular weight excluding hydrogens is 711 g/mol. The van der Waals surface area contributed by atoms with Crippen molar-refractivity contribution in [3.05, 3.63) is 249 Å². The Balaban J connectivity index is 1.10. The highest BCUT2D eigenvalue weighted by Crippen LogP contribution is 2.44. The SMILES string of the molecule is c1ccc(-c2ccc(N(c3ccc(-c4ccc5ccccc5c4)cc3)c3ccc(-c4ccccc4-c4ccccc4-c4ccccc4)cc3)c(-c3ccccc3)c2)cc1. The number of benzene rings is 10. The van der Waals surface area contributed by atoms with Crippen LogP contribution in [0.15, 0.2) is 249 Å². The third-order valence-electron chi connectivity index (χ3n) is 11.3. The number of rotatable bonds is 9. The Morgan fingerprint density at radius 2 is 0.576 bits per heavy atom. The number of hydrogen-bond donors (Lipinski definition) is 0. The average Bonchev–Trinajstić information content (AvgIpc) is 3.33. The van der Waals surface area contributed by atoms with E-state index in [0.717, 1.165) is 22.6 Å². The molecule has 0 bridgehead atoms. The summed E-state index contributed by atoms with van der Waals surface area (Å²) in [5, 5.41) is 2.49.